The zero-order chi connectivity index (χ0) is 10.8. The van der Waals surface area contributed by atoms with Crippen molar-refractivity contribution in [3.05, 3.63) is 33.2 Å². The third kappa shape index (κ3) is 3.64. The molecule has 0 N–H and O–H groups in total. The first kappa shape index (κ1) is 11.5. The van der Waals surface area contributed by atoms with Crippen LogP contribution in [-0.4, -0.2) is 10.2 Å². The molecule has 4 heteroatoms. The molecule has 14 heavy (non-hydrogen) atoms. The first-order chi connectivity index (χ1) is 6.38. The molecule has 0 bridgehead atoms. The van der Waals surface area contributed by atoms with Crippen molar-refractivity contribution >= 4 is 15.9 Å². The predicted octanol–water partition coefficient (Wildman–Crippen LogP) is 2.38. The fraction of sp³-hybridized carbons (Fsp3) is 0.500. The molecule has 0 spiro atoms. The number of hydrogen-bond donors (Lipinski definition) is 0. The van der Waals surface area contributed by atoms with E-state index < -0.39 is 0 Å². The van der Waals surface area contributed by atoms with Crippen LogP contribution in [0.15, 0.2) is 27.6 Å². The van der Waals surface area contributed by atoms with Gasteiger partial charge in [-0.15, -0.1) is 0 Å². The van der Waals surface area contributed by atoms with Gasteiger partial charge in [0.25, 0.3) is 5.56 Å². The largest absolute Gasteiger partial charge is 0.355 e. The van der Waals surface area contributed by atoms with Gasteiger partial charge in [0.15, 0.2) is 0 Å². The van der Waals surface area contributed by atoms with Crippen molar-refractivity contribution < 1.29 is 4.74 Å². The van der Waals surface area contributed by atoms with Crippen LogP contribution < -0.4 is 5.56 Å². The van der Waals surface area contributed by atoms with Gasteiger partial charge >= 0.3 is 0 Å². The van der Waals surface area contributed by atoms with Gasteiger partial charge in [0.2, 0.25) is 0 Å². The van der Waals surface area contributed by atoms with Gasteiger partial charge in [-0.3, -0.25) is 9.36 Å². The van der Waals surface area contributed by atoms with Crippen LogP contribution in [0.1, 0.15) is 20.8 Å². The fourth-order valence-corrected chi connectivity index (χ4v) is 1.25. The molecule has 0 amide bonds. The molecule has 1 rings (SSSR count). The van der Waals surface area contributed by atoms with Crippen LogP contribution >= 0.6 is 15.9 Å². The fourth-order valence-electron chi connectivity index (χ4n) is 0.866. The molecule has 0 saturated heterocycles. The first-order valence-electron chi connectivity index (χ1n) is 4.38. The van der Waals surface area contributed by atoms with Gasteiger partial charge < -0.3 is 4.74 Å². The Morgan fingerprint density at radius 2 is 2.07 bits per heavy atom. The van der Waals surface area contributed by atoms with E-state index >= 15 is 0 Å². The van der Waals surface area contributed by atoms with E-state index in [1.165, 1.54) is 10.6 Å². The summed E-state index contributed by atoms with van der Waals surface area (Å²) in [6, 6.07) is 3.23. The van der Waals surface area contributed by atoms with Crippen LogP contribution in [0.4, 0.5) is 0 Å². The number of hydrogen-bond acceptors (Lipinski definition) is 2. The number of halogens is 1. The molecular formula is C10H14BrNO2. The number of aromatic nitrogens is 1. The Morgan fingerprint density at radius 3 is 2.64 bits per heavy atom. The lowest BCUT2D eigenvalue weighted by atomic mass is 10.2. The molecule has 0 aliphatic heterocycles. The normalized spacial score (nSPS) is 11.7. The van der Waals surface area contributed by atoms with E-state index in [0.29, 0.717) is 0 Å². The van der Waals surface area contributed by atoms with Crippen molar-refractivity contribution in [2.75, 3.05) is 0 Å². The average Bonchev–Trinajstić information content (AvgIpc) is 2.05. The molecule has 0 atom stereocenters. The maximum absolute atomic E-state index is 11.4. The number of rotatable bonds is 2. The van der Waals surface area contributed by atoms with E-state index in [2.05, 4.69) is 15.9 Å². The zero-order valence-electron chi connectivity index (χ0n) is 8.58. The molecule has 1 aromatic rings. The molecule has 0 unspecified atom stereocenters. The van der Waals surface area contributed by atoms with Gasteiger partial charge in [-0.2, -0.15) is 0 Å². The third-order valence-electron chi connectivity index (χ3n) is 1.58. The SMILES string of the molecule is CC(C)(C)OCn1cc(Br)ccc1=O. The minimum Gasteiger partial charge on any atom is -0.355 e. The maximum Gasteiger partial charge on any atom is 0.252 e. The molecule has 0 saturated carbocycles. The maximum atomic E-state index is 11.4. The highest BCUT2D eigenvalue weighted by Crippen LogP contribution is 2.09. The molecule has 0 fully saturated rings. The van der Waals surface area contributed by atoms with Gasteiger partial charge in [0.05, 0.1) is 5.60 Å². The molecule has 1 aromatic heterocycles. The summed E-state index contributed by atoms with van der Waals surface area (Å²) in [4.78, 5) is 11.4. The average molecular weight is 260 g/mol. The second kappa shape index (κ2) is 4.28. The van der Waals surface area contributed by atoms with Crippen molar-refractivity contribution in [3.8, 4) is 0 Å². The monoisotopic (exact) mass is 259 g/mol. The van der Waals surface area contributed by atoms with E-state index in [-0.39, 0.29) is 17.9 Å². The molecule has 0 aliphatic carbocycles. The molecule has 78 valence electrons. The van der Waals surface area contributed by atoms with Crippen LogP contribution in [0, 0.1) is 0 Å². The van der Waals surface area contributed by atoms with Crippen molar-refractivity contribution in [1.82, 2.24) is 4.57 Å². The van der Waals surface area contributed by atoms with Gasteiger partial charge in [-0.25, -0.2) is 0 Å². The van der Waals surface area contributed by atoms with Gasteiger partial charge in [-0.1, -0.05) is 0 Å². The van der Waals surface area contributed by atoms with E-state index in [1.807, 2.05) is 20.8 Å². The second-order valence-electron chi connectivity index (χ2n) is 4.04. The lowest BCUT2D eigenvalue weighted by Crippen LogP contribution is -2.26. The summed E-state index contributed by atoms with van der Waals surface area (Å²) in [5.74, 6) is 0. The lowest BCUT2D eigenvalue weighted by molar-refractivity contribution is -0.0446. The Bertz CT molecular complexity index is 365. The third-order valence-corrected chi connectivity index (χ3v) is 2.05. The van der Waals surface area contributed by atoms with E-state index in [4.69, 9.17) is 4.74 Å². The Morgan fingerprint density at radius 1 is 1.43 bits per heavy atom. The summed E-state index contributed by atoms with van der Waals surface area (Å²) in [5.41, 5.74) is -0.292. The van der Waals surface area contributed by atoms with Crippen LogP contribution in [0.2, 0.25) is 0 Å². The topological polar surface area (TPSA) is 31.2 Å². The Hall–Kier alpha value is -0.610. The zero-order valence-corrected chi connectivity index (χ0v) is 10.2. The van der Waals surface area contributed by atoms with E-state index in [1.54, 1.807) is 12.3 Å². The molecule has 3 nitrogen and oxygen atoms in total. The van der Waals surface area contributed by atoms with Crippen LogP contribution in [-0.2, 0) is 11.5 Å². The summed E-state index contributed by atoms with van der Waals surface area (Å²) in [7, 11) is 0. The highest BCUT2D eigenvalue weighted by Gasteiger charge is 2.10. The molecule has 0 radical (unpaired) electrons. The summed E-state index contributed by atoms with van der Waals surface area (Å²) in [5, 5.41) is 0. The quantitative estimate of drug-likeness (QED) is 0.817. The number of nitrogens with zero attached hydrogens (tertiary/aromatic N) is 1. The number of ether oxygens (including phenoxy) is 1. The second-order valence-corrected chi connectivity index (χ2v) is 4.96. The number of pyridine rings is 1. The minimum absolute atomic E-state index is 0.0579. The van der Waals surface area contributed by atoms with Crippen molar-refractivity contribution in [3.63, 3.8) is 0 Å². The van der Waals surface area contributed by atoms with Crippen molar-refractivity contribution in [2.24, 2.45) is 0 Å². The summed E-state index contributed by atoms with van der Waals surface area (Å²) < 4.78 is 7.89. The molecule has 1 heterocycles. The van der Waals surface area contributed by atoms with Gasteiger partial charge in [0.1, 0.15) is 6.73 Å². The van der Waals surface area contributed by atoms with Crippen LogP contribution in [0.5, 0.6) is 0 Å². The molecule has 0 aromatic carbocycles. The van der Waals surface area contributed by atoms with Gasteiger partial charge in [-0.05, 0) is 42.8 Å². The Labute approximate surface area is 91.8 Å². The summed E-state index contributed by atoms with van der Waals surface area (Å²) in [6.45, 7) is 6.14. The molecular weight excluding hydrogens is 246 g/mol. The Kier molecular flexibility index (Phi) is 3.50. The smallest absolute Gasteiger partial charge is 0.252 e. The first-order valence-corrected chi connectivity index (χ1v) is 5.18. The van der Waals surface area contributed by atoms with E-state index in [0.717, 1.165) is 4.47 Å². The summed E-state index contributed by atoms with van der Waals surface area (Å²) >= 11 is 3.30. The van der Waals surface area contributed by atoms with Crippen LogP contribution in [0.3, 0.4) is 0 Å². The van der Waals surface area contributed by atoms with Crippen molar-refractivity contribution in [1.29, 1.82) is 0 Å². The standard InChI is InChI=1S/C10H14BrNO2/c1-10(2,3)14-7-12-6-8(11)4-5-9(12)13/h4-6H,7H2,1-3H3. The van der Waals surface area contributed by atoms with E-state index in [9.17, 15) is 4.79 Å². The highest BCUT2D eigenvalue weighted by atomic mass is 79.9. The minimum atomic E-state index is -0.234. The van der Waals surface area contributed by atoms with Crippen LogP contribution in [0.25, 0.3) is 0 Å². The summed E-state index contributed by atoms with van der Waals surface area (Å²) in [6.07, 6.45) is 1.72. The van der Waals surface area contributed by atoms with Gasteiger partial charge in [0, 0.05) is 16.7 Å². The van der Waals surface area contributed by atoms with Crippen molar-refractivity contribution in [2.45, 2.75) is 33.1 Å². The lowest BCUT2D eigenvalue weighted by Gasteiger charge is -2.20. The molecule has 0 aliphatic rings. The Balaban J connectivity index is 2.77. The highest BCUT2D eigenvalue weighted by molar-refractivity contribution is 9.10. The predicted molar refractivity (Wildman–Crippen MR) is 59.2 cm³/mol.